The Kier molecular flexibility index (Phi) is 6.50. The summed E-state index contributed by atoms with van der Waals surface area (Å²) < 4.78 is 18.9. The molecule has 2 N–H and O–H groups in total. The lowest BCUT2D eigenvalue weighted by molar-refractivity contribution is 0.0419. The van der Waals surface area contributed by atoms with Crippen LogP contribution in [0.2, 0.25) is 10.0 Å². The molecule has 26 heavy (non-hydrogen) atoms. The number of benzene rings is 2. The molecule has 2 atom stereocenters. The average molecular weight is 400 g/mol. The van der Waals surface area contributed by atoms with Crippen LogP contribution in [0.1, 0.15) is 44.0 Å². The second kappa shape index (κ2) is 8.25. The lowest BCUT2D eigenvalue weighted by atomic mass is 9.96. The van der Waals surface area contributed by atoms with Crippen LogP contribution >= 0.6 is 23.2 Å². The van der Waals surface area contributed by atoms with E-state index in [1.54, 1.807) is 45.0 Å². The van der Waals surface area contributed by atoms with Gasteiger partial charge < -0.3 is 15.2 Å². The van der Waals surface area contributed by atoms with Crippen LogP contribution < -0.4 is 5.32 Å². The van der Waals surface area contributed by atoms with E-state index in [9.17, 15) is 14.3 Å². The largest absolute Gasteiger partial charge is 0.444 e. The van der Waals surface area contributed by atoms with Gasteiger partial charge in [0.1, 0.15) is 17.5 Å². The molecule has 0 aliphatic carbocycles. The zero-order valence-corrected chi connectivity index (χ0v) is 16.1. The Hall–Kier alpha value is -1.82. The van der Waals surface area contributed by atoms with Crippen molar-refractivity contribution in [1.82, 2.24) is 5.32 Å². The highest BCUT2D eigenvalue weighted by Crippen LogP contribution is 2.31. The van der Waals surface area contributed by atoms with E-state index in [0.29, 0.717) is 10.6 Å². The van der Waals surface area contributed by atoms with Gasteiger partial charge in [-0.3, -0.25) is 0 Å². The number of carbonyl (C=O) groups excluding carboxylic acids is 1. The summed E-state index contributed by atoms with van der Waals surface area (Å²) in [5.74, 6) is -0.585. The van der Waals surface area contributed by atoms with Gasteiger partial charge in [0.2, 0.25) is 0 Å². The molecule has 0 heterocycles. The van der Waals surface area contributed by atoms with E-state index < -0.39 is 29.7 Å². The maximum Gasteiger partial charge on any atom is 0.408 e. The number of hydrogen-bond donors (Lipinski definition) is 2. The van der Waals surface area contributed by atoms with Gasteiger partial charge in [0.25, 0.3) is 0 Å². The summed E-state index contributed by atoms with van der Waals surface area (Å²) in [5, 5.41) is 14.0. The number of aliphatic hydroxyl groups is 1. The van der Waals surface area contributed by atoms with Crippen LogP contribution in [0, 0.1) is 5.82 Å². The third-order valence-electron chi connectivity index (χ3n) is 3.44. The molecular weight excluding hydrogens is 380 g/mol. The van der Waals surface area contributed by atoms with E-state index in [2.05, 4.69) is 5.32 Å². The van der Waals surface area contributed by atoms with Gasteiger partial charge in [-0.05, 0) is 62.2 Å². The molecule has 1 amide bonds. The molecule has 0 aliphatic rings. The van der Waals surface area contributed by atoms with E-state index >= 15 is 0 Å². The van der Waals surface area contributed by atoms with E-state index in [4.69, 9.17) is 27.9 Å². The zero-order valence-electron chi connectivity index (χ0n) is 14.6. The monoisotopic (exact) mass is 399 g/mol. The molecule has 0 saturated heterocycles. The molecular formula is C19H20Cl2FNO3. The van der Waals surface area contributed by atoms with E-state index in [0.717, 1.165) is 12.1 Å². The van der Waals surface area contributed by atoms with Gasteiger partial charge in [-0.2, -0.15) is 0 Å². The van der Waals surface area contributed by atoms with Crippen molar-refractivity contribution >= 4 is 29.3 Å². The standard InChI is InChI=1S/C19H20Cl2FNO3/c1-19(2,3)26-18(25)23-16(11-4-6-13(20)7-5-11)17(24)12-8-14(21)10-15(22)9-12/h4-10,16-17,24H,1-3H3,(H,23,25)/t16-,17-/m1/s1. The molecule has 0 radical (unpaired) electrons. The number of carbonyl (C=O) groups is 1. The maximum atomic E-state index is 13.7. The first kappa shape index (κ1) is 20.5. The van der Waals surface area contributed by atoms with Crippen molar-refractivity contribution < 1.29 is 19.0 Å². The number of halogens is 3. The van der Waals surface area contributed by atoms with Crippen LogP contribution in [0.25, 0.3) is 0 Å². The smallest absolute Gasteiger partial charge is 0.408 e. The third-order valence-corrected chi connectivity index (χ3v) is 3.91. The Balaban J connectivity index is 2.35. The minimum absolute atomic E-state index is 0.145. The van der Waals surface area contributed by atoms with E-state index in [1.807, 2.05) is 0 Å². The molecule has 0 fully saturated rings. The molecule has 2 aromatic rings. The van der Waals surface area contributed by atoms with Gasteiger partial charge in [0.15, 0.2) is 0 Å². The molecule has 0 unspecified atom stereocenters. The molecule has 0 aromatic heterocycles. The summed E-state index contributed by atoms with van der Waals surface area (Å²) in [6.45, 7) is 5.19. The normalized spacial score (nSPS) is 13.8. The molecule has 0 aliphatic heterocycles. The van der Waals surface area contributed by atoms with Crippen molar-refractivity contribution in [2.45, 2.75) is 38.5 Å². The zero-order chi connectivity index (χ0) is 19.5. The van der Waals surface area contributed by atoms with Crippen LogP contribution in [-0.2, 0) is 4.74 Å². The minimum atomic E-state index is -1.25. The number of nitrogens with one attached hydrogen (secondary N) is 1. The summed E-state index contributed by atoms with van der Waals surface area (Å²) in [6, 6.07) is 9.43. The van der Waals surface area contributed by atoms with Gasteiger partial charge in [-0.1, -0.05) is 35.3 Å². The minimum Gasteiger partial charge on any atom is -0.444 e. The number of ether oxygens (including phenoxy) is 1. The quantitative estimate of drug-likeness (QED) is 0.720. The maximum absolute atomic E-state index is 13.7. The van der Waals surface area contributed by atoms with E-state index in [-0.39, 0.29) is 10.6 Å². The van der Waals surface area contributed by atoms with Gasteiger partial charge >= 0.3 is 6.09 Å². The Morgan fingerprint density at radius 3 is 2.23 bits per heavy atom. The fourth-order valence-electron chi connectivity index (χ4n) is 2.39. The number of amides is 1. The molecule has 0 bridgehead atoms. The predicted molar refractivity (Wildman–Crippen MR) is 99.9 cm³/mol. The highest BCUT2D eigenvalue weighted by Gasteiger charge is 2.27. The predicted octanol–water partition coefficient (Wildman–Crippen LogP) is 5.43. The van der Waals surface area contributed by atoms with Crippen LogP contribution in [-0.4, -0.2) is 16.8 Å². The van der Waals surface area contributed by atoms with Crippen LogP contribution in [0.4, 0.5) is 9.18 Å². The lowest BCUT2D eigenvalue weighted by Crippen LogP contribution is -2.37. The Bertz CT molecular complexity index is 755. The van der Waals surface area contributed by atoms with Gasteiger partial charge in [0, 0.05) is 10.0 Å². The van der Waals surface area contributed by atoms with Crippen molar-refractivity contribution in [2.75, 3.05) is 0 Å². The van der Waals surface area contributed by atoms with Crippen LogP contribution in [0.15, 0.2) is 42.5 Å². The first-order valence-electron chi connectivity index (χ1n) is 7.94. The van der Waals surface area contributed by atoms with Gasteiger partial charge in [-0.15, -0.1) is 0 Å². The average Bonchev–Trinajstić information content (AvgIpc) is 2.50. The van der Waals surface area contributed by atoms with Gasteiger partial charge in [-0.25, -0.2) is 9.18 Å². The summed E-state index contributed by atoms with van der Waals surface area (Å²) in [4.78, 5) is 12.2. The number of hydrogen-bond acceptors (Lipinski definition) is 3. The topological polar surface area (TPSA) is 58.6 Å². The fraction of sp³-hybridized carbons (Fsp3) is 0.316. The Morgan fingerprint density at radius 2 is 1.69 bits per heavy atom. The number of alkyl carbamates (subject to hydrolysis) is 1. The molecule has 0 saturated carbocycles. The summed E-state index contributed by atoms with van der Waals surface area (Å²) >= 11 is 11.8. The molecule has 2 rings (SSSR count). The second-order valence-electron chi connectivity index (χ2n) is 6.82. The van der Waals surface area contributed by atoms with Crippen LogP contribution in [0.5, 0.6) is 0 Å². The second-order valence-corrected chi connectivity index (χ2v) is 7.70. The van der Waals surface area contributed by atoms with Gasteiger partial charge in [0.05, 0.1) is 6.04 Å². The summed E-state index contributed by atoms with van der Waals surface area (Å²) in [6.07, 6.45) is -1.96. The highest BCUT2D eigenvalue weighted by molar-refractivity contribution is 6.30. The SMILES string of the molecule is CC(C)(C)OC(=O)N[C@H](c1ccc(Cl)cc1)[C@H](O)c1cc(F)cc(Cl)c1. The Labute approximate surface area is 161 Å². The lowest BCUT2D eigenvalue weighted by Gasteiger charge is -2.27. The van der Waals surface area contributed by atoms with Crippen molar-refractivity contribution in [3.05, 3.63) is 69.5 Å². The molecule has 4 nitrogen and oxygen atoms in total. The number of aliphatic hydroxyl groups excluding tert-OH is 1. The summed E-state index contributed by atoms with van der Waals surface area (Å²) in [7, 11) is 0. The molecule has 0 spiro atoms. The van der Waals surface area contributed by atoms with Crippen LogP contribution in [0.3, 0.4) is 0 Å². The molecule has 7 heteroatoms. The highest BCUT2D eigenvalue weighted by atomic mass is 35.5. The first-order chi connectivity index (χ1) is 12.0. The number of rotatable bonds is 4. The Morgan fingerprint density at radius 1 is 1.08 bits per heavy atom. The first-order valence-corrected chi connectivity index (χ1v) is 8.70. The third kappa shape index (κ3) is 5.87. The van der Waals surface area contributed by atoms with Crippen molar-refractivity contribution in [3.8, 4) is 0 Å². The van der Waals surface area contributed by atoms with Crippen molar-refractivity contribution in [3.63, 3.8) is 0 Å². The van der Waals surface area contributed by atoms with Crippen molar-refractivity contribution in [2.24, 2.45) is 0 Å². The molecule has 140 valence electrons. The van der Waals surface area contributed by atoms with Crippen molar-refractivity contribution in [1.29, 1.82) is 0 Å². The molecule has 2 aromatic carbocycles. The van der Waals surface area contributed by atoms with E-state index in [1.165, 1.54) is 6.07 Å². The fourth-order valence-corrected chi connectivity index (χ4v) is 2.74. The summed E-state index contributed by atoms with van der Waals surface area (Å²) in [5.41, 5.74) is 0.0982.